The summed E-state index contributed by atoms with van der Waals surface area (Å²) in [5.41, 5.74) is 2.39. The van der Waals surface area contributed by atoms with E-state index in [0.717, 1.165) is 12.1 Å². The second-order valence-corrected chi connectivity index (χ2v) is 3.49. The predicted octanol–water partition coefficient (Wildman–Crippen LogP) is 1.88. The molecule has 0 aliphatic rings. The monoisotopic (exact) mass is 199 g/mol. The van der Waals surface area contributed by atoms with Gasteiger partial charge in [-0.3, -0.25) is 0 Å². The zero-order chi connectivity index (χ0) is 10.7. The first-order chi connectivity index (χ1) is 7.36. The van der Waals surface area contributed by atoms with Crippen LogP contribution in [0, 0.1) is 11.3 Å². The van der Waals surface area contributed by atoms with E-state index in [-0.39, 0.29) is 0 Å². The number of benzene rings is 1. The van der Waals surface area contributed by atoms with Crippen molar-refractivity contribution >= 4 is 10.9 Å². The number of nitriles is 1. The molecule has 0 saturated heterocycles. The number of rotatable bonds is 3. The highest BCUT2D eigenvalue weighted by molar-refractivity contribution is 5.83. The van der Waals surface area contributed by atoms with E-state index in [1.54, 1.807) is 0 Å². The van der Waals surface area contributed by atoms with Crippen molar-refractivity contribution in [2.75, 3.05) is 7.05 Å². The van der Waals surface area contributed by atoms with Crippen molar-refractivity contribution in [1.29, 1.82) is 5.26 Å². The minimum absolute atomic E-state index is 0.407. The smallest absolute Gasteiger partial charge is 0.110 e. The van der Waals surface area contributed by atoms with E-state index in [2.05, 4.69) is 23.5 Å². The third kappa shape index (κ3) is 1.72. The van der Waals surface area contributed by atoms with Gasteiger partial charge in [-0.2, -0.15) is 5.26 Å². The molecule has 1 N–H and O–H groups in total. The van der Waals surface area contributed by atoms with Gasteiger partial charge in [-0.25, -0.2) is 0 Å². The predicted molar refractivity (Wildman–Crippen MR) is 60.3 cm³/mol. The fraction of sp³-hybridized carbons (Fsp3) is 0.250. The number of nitrogens with one attached hydrogen (secondary N) is 1. The molecule has 1 aromatic heterocycles. The van der Waals surface area contributed by atoms with Crippen LogP contribution in [0.1, 0.15) is 5.56 Å². The topological polar surface area (TPSA) is 40.8 Å². The number of aromatic nitrogens is 1. The van der Waals surface area contributed by atoms with Crippen molar-refractivity contribution in [1.82, 2.24) is 9.88 Å². The maximum Gasteiger partial charge on any atom is 0.110 e. The number of hydrogen-bond acceptors (Lipinski definition) is 2. The van der Waals surface area contributed by atoms with E-state index in [4.69, 9.17) is 5.26 Å². The number of para-hydroxylation sites is 1. The Hall–Kier alpha value is -1.79. The third-order valence-corrected chi connectivity index (χ3v) is 2.48. The third-order valence-electron chi connectivity index (χ3n) is 2.48. The number of fused-ring (bicyclic) bond motifs is 1. The van der Waals surface area contributed by atoms with Crippen LogP contribution in [0.4, 0.5) is 0 Å². The molecule has 76 valence electrons. The summed E-state index contributed by atoms with van der Waals surface area (Å²) < 4.78 is 1.99. The summed E-state index contributed by atoms with van der Waals surface area (Å²) in [4.78, 5) is 0. The summed E-state index contributed by atoms with van der Waals surface area (Å²) in [5, 5.41) is 13.1. The molecule has 3 heteroatoms. The minimum Gasteiger partial charge on any atom is -0.333 e. The van der Waals surface area contributed by atoms with Crippen LogP contribution in [0.15, 0.2) is 30.5 Å². The van der Waals surface area contributed by atoms with Gasteiger partial charge in [-0.05, 0) is 24.1 Å². The molecule has 2 rings (SSSR count). The van der Waals surface area contributed by atoms with Gasteiger partial charge in [0, 0.05) is 12.7 Å². The lowest BCUT2D eigenvalue weighted by Crippen LogP contribution is -2.07. The van der Waals surface area contributed by atoms with E-state index < -0.39 is 0 Å². The second-order valence-electron chi connectivity index (χ2n) is 3.49. The van der Waals surface area contributed by atoms with Crippen molar-refractivity contribution in [3.63, 3.8) is 0 Å². The molecule has 0 bridgehead atoms. The maximum atomic E-state index is 8.73. The Kier molecular flexibility index (Phi) is 2.70. The highest BCUT2D eigenvalue weighted by atomic mass is 15.0. The van der Waals surface area contributed by atoms with Crippen molar-refractivity contribution < 1.29 is 0 Å². The molecule has 15 heavy (non-hydrogen) atoms. The molecule has 0 aliphatic carbocycles. The van der Waals surface area contributed by atoms with Gasteiger partial charge in [0.1, 0.15) is 6.54 Å². The van der Waals surface area contributed by atoms with Gasteiger partial charge in [0.2, 0.25) is 0 Å². The van der Waals surface area contributed by atoms with Crippen LogP contribution in [0.2, 0.25) is 0 Å². The molecule has 0 fully saturated rings. The fourth-order valence-corrected chi connectivity index (χ4v) is 1.88. The van der Waals surface area contributed by atoms with Gasteiger partial charge in [-0.1, -0.05) is 18.2 Å². The SMILES string of the molecule is CNCc1cccc2ccn(CC#N)c12. The van der Waals surface area contributed by atoms with Crippen LogP contribution >= 0.6 is 0 Å². The van der Waals surface area contributed by atoms with Crippen LogP contribution in [0.3, 0.4) is 0 Å². The average Bonchev–Trinajstić information content (AvgIpc) is 2.64. The van der Waals surface area contributed by atoms with Crippen molar-refractivity contribution in [3.05, 3.63) is 36.0 Å². The van der Waals surface area contributed by atoms with Crippen molar-refractivity contribution in [3.8, 4) is 6.07 Å². The second kappa shape index (κ2) is 4.16. The molecule has 1 aromatic carbocycles. The number of hydrogen-bond donors (Lipinski definition) is 1. The van der Waals surface area contributed by atoms with Crippen LogP contribution in [-0.2, 0) is 13.1 Å². The molecular formula is C12H13N3. The Morgan fingerprint density at radius 3 is 3.00 bits per heavy atom. The van der Waals surface area contributed by atoms with E-state index >= 15 is 0 Å². The van der Waals surface area contributed by atoms with Gasteiger partial charge < -0.3 is 9.88 Å². The first-order valence-corrected chi connectivity index (χ1v) is 4.95. The zero-order valence-corrected chi connectivity index (χ0v) is 8.70. The van der Waals surface area contributed by atoms with Crippen LogP contribution < -0.4 is 5.32 Å². The Balaban J connectivity index is 2.59. The summed E-state index contributed by atoms with van der Waals surface area (Å²) in [6.45, 7) is 1.23. The molecule has 0 saturated carbocycles. The molecule has 1 heterocycles. The van der Waals surface area contributed by atoms with Gasteiger partial charge in [-0.15, -0.1) is 0 Å². The van der Waals surface area contributed by atoms with E-state index in [1.165, 1.54) is 10.9 Å². The molecule has 0 aliphatic heterocycles. The average molecular weight is 199 g/mol. The normalized spacial score (nSPS) is 10.4. The van der Waals surface area contributed by atoms with Crippen molar-refractivity contribution in [2.24, 2.45) is 0 Å². The molecule has 0 radical (unpaired) electrons. The van der Waals surface area contributed by atoms with E-state index in [1.807, 2.05) is 29.9 Å². The lowest BCUT2D eigenvalue weighted by molar-refractivity contribution is 0.806. The largest absolute Gasteiger partial charge is 0.333 e. The lowest BCUT2D eigenvalue weighted by Gasteiger charge is -2.06. The van der Waals surface area contributed by atoms with Gasteiger partial charge >= 0.3 is 0 Å². The Labute approximate surface area is 88.9 Å². The Morgan fingerprint density at radius 1 is 1.40 bits per heavy atom. The summed E-state index contributed by atoms with van der Waals surface area (Å²) >= 11 is 0. The zero-order valence-electron chi connectivity index (χ0n) is 8.70. The highest BCUT2D eigenvalue weighted by Crippen LogP contribution is 2.20. The summed E-state index contributed by atoms with van der Waals surface area (Å²) in [5.74, 6) is 0. The highest BCUT2D eigenvalue weighted by Gasteiger charge is 2.04. The maximum absolute atomic E-state index is 8.73. The van der Waals surface area contributed by atoms with Gasteiger partial charge in [0.25, 0.3) is 0 Å². The molecule has 0 atom stereocenters. The lowest BCUT2D eigenvalue weighted by atomic mass is 10.1. The molecule has 3 nitrogen and oxygen atoms in total. The van der Waals surface area contributed by atoms with Crippen LogP contribution in [0.5, 0.6) is 0 Å². The summed E-state index contributed by atoms with van der Waals surface area (Å²) in [7, 11) is 1.93. The van der Waals surface area contributed by atoms with Gasteiger partial charge in [0.05, 0.1) is 11.6 Å². The quantitative estimate of drug-likeness (QED) is 0.820. The summed E-state index contributed by atoms with van der Waals surface area (Å²) in [6, 6.07) is 10.4. The Morgan fingerprint density at radius 2 is 2.27 bits per heavy atom. The minimum atomic E-state index is 0.407. The van der Waals surface area contributed by atoms with E-state index in [9.17, 15) is 0 Å². The van der Waals surface area contributed by atoms with Crippen molar-refractivity contribution in [2.45, 2.75) is 13.1 Å². The summed E-state index contributed by atoms with van der Waals surface area (Å²) in [6.07, 6.45) is 1.97. The van der Waals surface area contributed by atoms with E-state index in [0.29, 0.717) is 6.54 Å². The first kappa shape index (κ1) is 9.75. The van der Waals surface area contributed by atoms with Crippen LogP contribution in [-0.4, -0.2) is 11.6 Å². The molecule has 0 spiro atoms. The Bertz CT molecular complexity index is 505. The molecule has 0 amide bonds. The molecular weight excluding hydrogens is 186 g/mol. The fourth-order valence-electron chi connectivity index (χ4n) is 1.88. The molecule has 0 unspecified atom stereocenters. The number of nitrogens with zero attached hydrogens (tertiary/aromatic N) is 2. The van der Waals surface area contributed by atoms with Crippen LogP contribution in [0.25, 0.3) is 10.9 Å². The molecule has 2 aromatic rings. The standard InChI is InChI=1S/C12H13N3/c1-14-9-11-4-2-3-10-5-7-15(8-6-13)12(10)11/h2-5,7,14H,8-9H2,1H3. The first-order valence-electron chi connectivity index (χ1n) is 4.95. The van der Waals surface area contributed by atoms with Gasteiger partial charge in [0.15, 0.2) is 0 Å².